The first-order valence-electron chi connectivity index (χ1n) is 10.8. The molecule has 1 aromatic heterocycles. The van der Waals surface area contributed by atoms with E-state index in [0.717, 1.165) is 12.8 Å². The van der Waals surface area contributed by atoms with E-state index < -0.39 is 17.8 Å². The van der Waals surface area contributed by atoms with Crippen LogP contribution >= 0.6 is 11.3 Å². The third kappa shape index (κ3) is 7.41. The number of urea groups is 1. The van der Waals surface area contributed by atoms with Crippen molar-refractivity contribution in [3.05, 3.63) is 46.2 Å². The van der Waals surface area contributed by atoms with Crippen molar-refractivity contribution >= 4 is 29.2 Å². The lowest BCUT2D eigenvalue weighted by Gasteiger charge is -2.32. The van der Waals surface area contributed by atoms with E-state index in [2.05, 4.69) is 20.9 Å². The molecule has 1 heterocycles. The summed E-state index contributed by atoms with van der Waals surface area (Å²) in [6, 6.07) is 5.05. The second kappa shape index (κ2) is 12.1. The molecule has 9 nitrogen and oxygen atoms in total. The zero-order valence-corrected chi connectivity index (χ0v) is 19.1. The number of aromatic nitrogens is 1. The molecule has 1 fully saturated rings. The van der Waals surface area contributed by atoms with Gasteiger partial charge in [0, 0.05) is 11.4 Å². The van der Waals surface area contributed by atoms with Crippen LogP contribution in [0.15, 0.2) is 29.6 Å². The number of thiazole rings is 1. The number of rotatable bonds is 9. The number of ether oxygens (including phenoxy) is 2. The molecule has 3 amide bonds. The summed E-state index contributed by atoms with van der Waals surface area (Å²) < 4.78 is 23.9. The molecule has 33 heavy (non-hydrogen) atoms. The van der Waals surface area contributed by atoms with Gasteiger partial charge in [-0.1, -0.05) is 25.0 Å². The average molecular weight is 479 g/mol. The van der Waals surface area contributed by atoms with Gasteiger partial charge in [-0.25, -0.2) is 14.2 Å². The van der Waals surface area contributed by atoms with E-state index in [1.165, 1.54) is 23.5 Å². The molecular formula is C22H27FN4O5S. The number of nitrogens with zero attached hydrogens (tertiary/aromatic N) is 1. The Morgan fingerprint density at radius 3 is 2.61 bits per heavy atom. The molecule has 1 aromatic carbocycles. The Balaban J connectivity index is 1.51. The molecule has 0 radical (unpaired) electrons. The second-order valence-electron chi connectivity index (χ2n) is 7.45. The van der Waals surface area contributed by atoms with Gasteiger partial charge in [-0.15, -0.1) is 11.3 Å². The predicted molar refractivity (Wildman–Crippen MR) is 120 cm³/mol. The van der Waals surface area contributed by atoms with Crippen LogP contribution in [0.2, 0.25) is 0 Å². The van der Waals surface area contributed by atoms with E-state index in [4.69, 9.17) is 9.47 Å². The largest absolute Gasteiger partial charge is 0.483 e. The van der Waals surface area contributed by atoms with Gasteiger partial charge in [0.2, 0.25) is 0 Å². The van der Waals surface area contributed by atoms with Crippen LogP contribution in [0.1, 0.15) is 48.1 Å². The zero-order chi connectivity index (χ0) is 23.6. The third-order valence-corrected chi connectivity index (χ3v) is 5.89. The Labute approximate surface area is 195 Å². The van der Waals surface area contributed by atoms with Gasteiger partial charge in [0.25, 0.3) is 5.91 Å². The summed E-state index contributed by atoms with van der Waals surface area (Å²) in [6.07, 6.45) is 3.26. The number of carbonyl (C=O) groups excluding carboxylic acids is 3. The minimum atomic E-state index is -0.514. The summed E-state index contributed by atoms with van der Waals surface area (Å²) in [5.74, 6) is -1.21. The van der Waals surface area contributed by atoms with Gasteiger partial charge in [0.05, 0.1) is 12.6 Å². The summed E-state index contributed by atoms with van der Waals surface area (Å²) in [4.78, 5) is 40.5. The van der Waals surface area contributed by atoms with E-state index in [-0.39, 0.29) is 49.2 Å². The van der Waals surface area contributed by atoms with E-state index in [1.807, 2.05) is 0 Å². The van der Waals surface area contributed by atoms with E-state index in [1.54, 1.807) is 24.4 Å². The molecule has 3 rings (SSSR count). The van der Waals surface area contributed by atoms with Gasteiger partial charge in [-0.05, 0) is 31.9 Å². The highest BCUT2D eigenvalue weighted by molar-refractivity contribution is 7.09. The van der Waals surface area contributed by atoms with E-state index >= 15 is 0 Å². The molecule has 0 aliphatic heterocycles. The van der Waals surface area contributed by atoms with Crippen LogP contribution in [0, 0.1) is 5.82 Å². The quantitative estimate of drug-likeness (QED) is 0.477. The first-order chi connectivity index (χ1) is 16.0. The summed E-state index contributed by atoms with van der Waals surface area (Å²) in [6.45, 7) is 1.76. The Bertz CT molecular complexity index is 970. The first-order valence-corrected chi connectivity index (χ1v) is 11.7. The van der Waals surface area contributed by atoms with Crippen molar-refractivity contribution in [3.63, 3.8) is 0 Å². The number of esters is 1. The van der Waals surface area contributed by atoms with Crippen molar-refractivity contribution < 1.29 is 28.2 Å². The van der Waals surface area contributed by atoms with Crippen LogP contribution in [-0.4, -0.2) is 48.1 Å². The maximum atomic E-state index is 13.7. The van der Waals surface area contributed by atoms with Crippen molar-refractivity contribution in [1.82, 2.24) is 20.9 Å². The second-order valence-corrected chi connectivity index (χ2v) is 8.39. The highest BCUT2D eigenvalue weighted by atomic mass is 32.1. The summed E-state index contributed by atoms with van der Waals surface area (Å²) in [5, 5.41) is 10.4. The third-order valence-electron chi connectivity index (χ3n) is 5.07. The number of hydrogen-bond acceptors (Lipinski definition) is 7. The number of hydrogen-bond donors (Lipinski definition) is 3. The summed E-state index contributed by atoms with van der Waals surface area (Å²) in [5.41, 5.74) is 0.239. The van der Waals surface area contributed by atoms with Crippen molar-refractivity contribution in [2.45, 2.75) is 51.3 Å². The lowest BCUT2D eigenvalue weighted by atomic mass is 9.90. The predicted octanol–water partition coefficient (Wildman–Crippen LogP) is 2.76. The zero-order valence-electron chi connectivity index (χ0n) is 18.3. The van der Waals surface area contributed by atoms with Gasteiger partial charge in [-0.2, -0.15) is 0 Å². The highest BCUT2D eigenvalue weighted by Gasteiger charge is 2.29. The molecule has 0 unspecified atom stereocenters. The molecule has 0 bridgehead atoms. The minimum absolute atomic E-state index is 0.0487. The number of amides is 3. The van der Waals surface area contributed by atoms with Crippen molar-refractivity contribution in [2.75, 3.05) is 13.2 Å². The lowest BCUT2D eigenvalue weighted by Crippen LogP contribution is -2.55. The number of carbonyl (C=O) groups is 3. The van der Waals surface area contributed by atoms with Crippen molar-refractivity contribution in [2.24, 2.45) is 0 Å². The van der Waals surface area contributed by atoms with Crippen molar-refractivity contribution in [1.29, 1.82) is 0 Å². The molecular weight excluding hydrogens is 451 g/mol. The molecule has 2 aromatic rings. The van der Waals surface area contributed by atoms with Crippen LogP contribution < -0.4 is 20.7 Å². The van der Waals surface area contributed by atoms with Crippen LogP contribution in [0.3, 0.4) is 0 Å². The van der Waals surface area contributed by atoms with Gasteiger partial charge >= 0.3 is 12.0 Å². The fourth-order valence-electron chi connectivity index (χ4n) is 3.49. The molecule has 11 heteroatoms. The fraction of sp³-hybridized carbons (Fsp3) is 0.455. The molecule has 3 N–H and O–H groups in total. The Morgan fingerprint density at radius 2 is 1.88 bits per heavy atom. The van der Waals surface area contributed by atoms with E-state index in [0.29, 0.717) is 17.8 Å². The number of nitrogens with one attached hydrogen (secondary N) is 3. The fourth-order valence-corrected chi connectivity index (χ4v) is 4.17. The van der Waals surface area contributed by atoms with Gasteiger partial charge < -0.3 is 25.4 Å². The molecule has 178 valence electrons. The smallest absolute Gasteiger partial charge is 0.325 e. The van der Waals surface area contributed by atoms with Crippen LogP contribution in [0.5, 0.6) is 5.75 Å². The van der Waals surface area contributed by atoms with Gasteiger partial charge in [0.15, 0.2) is 11.6 Å². The summed E-state index contributed by atoms with van der Waals surface area (Å²) in [7, 11) is 0. The number of halogens is 1. The Kier molecular flexibility index (Phi) is 8.99. The summed E-state index contributed by atoms with van der Waals surface area (Å²) >= 11 is 1.25. The number of para-hydroxylation sites is 1. The van der Waals surface area contributed by atoms with Crippen LogP contribution in [0.25, 0.3) is 0 Å². The maximum absolute atomic E-state index is 13.7. The van der Waals surface area contributed by atoms with Crippen LogP contribution in [-0.2, 0) is 16.1 Å². The molecule has 1 aliphatic rings. The SMILES string of the molecule is CCOC(=O)CNC(=O)N[C@H]1CCCC[C@H]1NC(=O)c1csc(COc2ccccc2F)n1. The lowest BCUT2D eigenvalue weighted by molar-refractivity contribution is -0.141. The normalized spacial score (nSPS) is 17.6. The molecule has 2 atom stereocenters. The molecule has 0 saturated heterocycles. The van der Waals surface area contributed by atoms with Gasteiger partial charge in [0.1, 0.15) is 23.9 Å². The Morgan fingerprint density at radius 1 is 1.15 bits per heavy atom. The molecule has 1 aliphatic carbocycles. The van der Waals surface area contributed by atoms with Gasteiger partial charge in [-0.3, -0.25) is 9.59 Å². The number of benzene rings is 1. The average Bonchev–Trinajstić information content (AvgIpc) is 3.28. The van der Waals surface area contributed by atoms with Crippen molar-refractivity contribution in [3.8, 4) is 5.75 Å². The molecule has 0 spiro atoms. The highest BCUT2D eigenvalue weighted by Crippen LogP contribution is 2.21. The Hall–Kier alpha value is -3.21. The topological polar surface area (TPSA) is 119 Å². The van der Waals surface area contributed by atoms with E-state index in [9.17, 15) is 18.8 Å². The first kappa shape index (κ1) is 24.4. The monoisotopic (exact) mass is 478 g/mol. The maximum Gasteiger partial charge on any atom is 0.325 e. The minimum Gasteiger partial charge on any atom is -0.483 e. The molecule has 1 saturated carbocycles. The van der Waals surface area contributed by atoms with Crippen LogP contribution in [0.4, 0.5) is 9.18 Å². The standard InChI is InChI=1S/C22H27FN4O5S/c1-2-31-20(28)11-24-22(30)27-16-9-5-4-8-15(16)26-21(29)17-13-33-19(25-17)12-32-18-10-6-3-7-14(18)23/h3,6-7,10,13,15-16H,2,4-5,8-9,11-12H2,1H3,(H,26,29)(H2,24,27,30)/t15-,16+/m1/s1.